The normalized spacial score (nSPS) is 34.9. The van der Waals surface area contributed by atoms with Crippen LogP contribution in [0.3, 0.4) is 0 Å². The summed E-state index contributed by atoms with van der Waals surface area (Å²) in [5.74, 6) is 0.387. The van der Waals surface area contributed by atoms with Gasteiger partial charge in [0.25, 0.3) is 5.91 Å². The lowest BCUT2D eigenvalue weighted by molar-refractivity contribution is -0.150. The molecule has 2 bridgehead atoms. The van der Waals surface area contributed by atoms with Gasteiger partial charge in [-0.25, -0.2) is 0 Å². The van der Waals surface area contributed by atoms with Crippen molar-refractivity contribution >= 4 is 17.8 Å². The van der Waals surface area contributed by atoms with E-state index in [0.29, 0.717) is 31.6 Å². The zero-order valence-electron chi connectivity index (χ0n) is 23.0. The summed E-state index contributed by atoms with van der Waals surface area (Å²) in [6, 6.07) is 5.17. The SMILES string of the molecule is COc1cc(C#N)c(OC2CCC(C)(C(=O)O)CC2)cc1C(=O)NC1C2CCC(C2)C1C(=O)NC1CC(C)C1. The number of carbonyl (C=O) groups is 3. The summed E-state index contributed by atoms with van der Waals surface area (Å²) >= 11 is 0. The van der Waals surface area contributed by atoms with Crippen LogP contribution in [0.25, 0.3) is 0 Å². The molecule has 9 nitrogen and oxygen atoms in total. The first-order valence-electron chi connectivity index (χ1n) is 14.2. The number of carboxylic acid groups (broad SMARTS) is 1. The first-order chi connectivity index (χ1) is 18.6. The number of aliphatic carboxylic acids is 1. The van der Waals surface area contributed by atoms with Crippen LogP contribution in [-0.4, -0.2) is 48.2 Å². The fourth-order valence-electron chi connectivity index (χ4n) is 7.25. The molecule has 1 aromatic rings. The second-order valence-electron chi connectivity index (χ2n) is 12.5. The molecule has 1 aromatic carbocycles. The van der Waals surface area contributed by atoms with E-state index in [9.17, 15) is 24.8 Å². The topological polar surface area (TPSA) is 138 Å². The number of nitriles is 1. The quantitative estimate of drug-likeness (QED) is 0.455. The molecule has 4 aliphatic carbocycles. The largest absolute Gasteiger partial charge is 0.496 e. The van der Waals surface area contributed by atoms with Crippen molar-refractivity contribution in [3.8, 4) is 17.6 Å². The molecule has 2 amide bonds. The van der Waals surface area contributed by atoms with E-state index >= 15 is 0 Å². The van der Waals surface area contributed by atoms with E-state index in [4.69, 9.17) is 9.47 Å². The maximum absolute atomic E-state index is 13.6. The zero-order chi connectivity index (χ0) is 27.9. The number of ether oxygens (including phenoxy) is 2. The van der Waals surface area contributed by atoms with Crippen LogP contribution in [0.15, 0.2) is 12.1 Å². The maximum atomic E-state index is 13.6. The highest BCUT2D eigenvalue weighted by Crippen LogP contribution is 2.49. The molecular weight excluding hydrogens is 498 g/mol. The second-order valence-corrected chi connectivity index (χ2v) is 12.5. The fraction of sp³-hybridized carbons (Fsp3) is 0.667. The molecule has 3 N–H and O–H groups in total. The Morgan fingerprint density at radius 1 is 1.03 bits per heavy atom. The molecule has 0 aliphatic heterocycles. The number of nitrogens with one attached hydrogen (secondary N) is 2. The predicted octanol–water partition coefficient (Wildman–Crippen LogP) is 4.04. The lowest BCUT2D eigenvalue weighted by Gasteiger charge is -2.37. The molecule has 4 fully saturated rings. The molecule has 4 atom stereocenters. The van der Waals surface area contributed by atoms with Crippen molar-refractivity contribution in [1.82, 2.24) is 10.6 Å². The number of hydrogen-bond donors (Lipinski definition) is 3. The molecule has 0 saturated heterocycles. The Balaban J connectivity index is 1.32. The number of carboxylic acids is 1. The summed E-state index contributed by atoms with van der Waals surface area (Å²) in [4.78, 5) is 38.5. The number of methoxy groups -OCH3 is 1. The molecule has 4 aliphatic rings. The van der Waals surface area contributed by atoms with Crippen molar-refractivity contribution < 1.29 is 29.0 Å². The van der Waals surface area contributed by atoms with Gasteiger partial charge >= 0.3 is 5.97 Å². The highest BCUT2D eigenvalue weighted by atomic mass is 16.5. The lowest BCUT2D eigenvalue weighted by atomic mass is 9.75. The number of hydrogen-bond acceptors (Lipinski definition) is 6. The summed E-state index contributed by atoms with van der Waals surface area (Å²) in [6.45, 7) is 3.94. The molecule has 210 valence electrons. The summed E-state index contributed by atoms with van der Waals surface area (Å²) in [6.07, 6.45) is 6.76. The molecule has 0 spiro atoms. The standard InChI is InChI=1S/C30H39N3O6/c1-16-10-20(11-16)32-28(35)25-17-4-5-18(12-17)26(25)33-27(34)22-14-23(19(15-31)13-24(22)38-3)39-21-6-8-30(2,9-7-21)29(36)37/h13-14,16-18,20-21,25-26H,4-12H2,1-3H3,(H,32,35)(H,33,34)(H,36,37). The van der Waals surface area contributed by atoms with Gasteiger partial charge in [-0.2, -0.15) is 5.26 Å². The Bertz CT molecular complexity index is 1180. The summed E-state index contributed by atoms with van der Waals surface area (Å²) in [5.41, 5.74) is -0.266. The minimum absolute atomic E-state index is 0.0471. The zero-order valence-corrected chi connectivity index (χ0v) is 23.0. The molecule has 9 heteroatoms. The molecule has 0 radical (unpaired) electrons. The van der Waals surface area contributed by atoms with Crippen molar-refractivity contribution in [2.45, 2.75) is 89.8 Å². The van der Waals surface area contributed by atoms with Crippen molar-refractivity contribution in [2.24, 2.45) is 29.1 Å². The van der Waals surface area contributed by atoms with Crippen molar-refractivity contribution in [2.75, 3.05) is 7.11 Å². The Hall–Kier alpha value is -3.28. The van der Waals surface area contributed by atoms with Gasteiger partial charge < -0.3 is 25.2 Å². The first-order valence-corrected chi connectivity index (χ1v) is 14.2. The summed E-state index contributed by atoms with van der Waals surface area (Å²) in [7, 11) is 1.45. The van der Waals surface area contributed by atoms with Gasteiger partial charge in [0.05, 0.1) is 35.7 Å². The molecule has 5 rings (SSSR count). The minimum atomic E-state index is -0.808. The third kappa shape index (κ3) is 5.30. The summed E-state index contributed by atoms with van der Waals surface area (Å²) in [5, 5.41) is 25.6. The van der Waals surface area contributed by atoms with E-state index in [-0.39, 0.29) is 70.4 Å². The van der Waals surface area contributed by atoms with Crippen LogP contribution in [0.2, 0.25) is 0 Å². The van der Waals surface area contributed by atoms with Crippen molar-refractivity contribution in [3.05, 3.63) is 23.3 Å². The predicted molar refractivity (Wildman–Crippen MR) is 142 cm³/mol. The van der Waals surface area contributed by atoms with Gasteiger partial charge in [0.1, 0.15) is 17.6 Å². The van der Waals surface area contributed by atoms with E-state index < -0.39 is 11.4 Å². The molecule has 39 heavy (non-hydrogen) atoms. The van der Waals surface area contributed by atoms with Crippen molar-refractivity contribution in [3.63, 3.8) is 0 Å². The van der Waals surface area contributed by atoms with Crippen LogP contribution >= 0.6 is 0 Å². The van der Waals surface area contributed by atoms with Crippen LogP contribution in [0.1, 0.15) is 87.6 Å². The summed E-state index contributed by atoms with van der Waals surface area (Å²) < 4.78 is 11.7. The van der Waals surface area contributed by atoms with Gasteiger partial charge in [0.15, 0.2) is 0 Å². The monoisotopic (exact) mass is 537 g/mol. The molecule has 0 aromatic heterocycles. The molecular formula is C30H39N3O6. The average Bonchev–Trinajstić information content (AvgIpc) is 3.50. The highest BCUT2D eigenvalue weighted by molar-refractivity contribution is 5.98. The van der Waals surface area contributed by atoms with E-state index in [0.717, 1.165) is 32.1 Å². The van der Waals surface area contributed by atoms with Crippen LogP contribution < -0.4 is 20.1 Å². The number of nitrogens with zero attached hydrogens (tertiary/aromatic N) is 1. The molecule has 0 heterocycles. The van der Waals surface area contributed by atoms with Crippen LogP contribution in [-0.2, 0) is 9.59 Å². The number of fused-ring (bicyclic) bond motifs is 2. The van der Waals surface area contributed by atoms with Gasteiger partial charge in [-0.05, 0) is 88.5 Å². The average molecular weight is 538 g/mol. The maximum Gasteiger partial charge on any atom is 0.309 e. The number of amides is 2. The Labute approximate surface area is 229 Å². The van der Waals surface area contributed by atoms with Crippen LogP contribution in [0.5, 0.6) is 11.5 Å². The van der Waals surface area contributed by atoms with Gasteiger partial charge in [0, 0.05) is 18.2 Å². The Morgan fingerprint density at radius 2 is 1.72 bits per heavy atom. The van der Waals surface area contributed by atoms with Gasteiger partial charge in [-0.3, -0.25) is 14.4 Å². The molecule has 4 saturated carbocycles. The van der Waals surface area contributed by atoms with E-state index in [1.165, 1.54) is 13.2 Å². The lowest BCUT2D eigenvalue weighted by Crippen LogP contribution is -2.53. The first kappa shape index (κ1) is 27.3. The van der Waals surface area contributed by atoms with Gasteiger partial charge in [-0.1, -0.05) is 6.92 Å². The van der Waals surface area contributed by atoms with Crippen molar-refractivity contribution in [1.29, 1.82) is 5.26 Å². The second kappa shape index (κ2) is 10.7. The number of rotatable bonds is 8. The molecule has 4 unspecified atom stereocenters. The fourth-order valence-corrected chi connectivity index (χ4v) is 7.25. The number of carbonyl (C=O) groups excluding carboxylic acids is 2. The third-order valence-corrected chi connectivity index (χ3v) is 9.75. The van der Waals surface area contributed by atoms with Crippen LogP contribution in [0.4, 0.5) is 0 Å². The van der Waals surface area contributed by atoms with E-state index in [1.807, 2.05) is 0 Å². The van der Waals surface area contributed by atoms with Crippen LogP contribution in [0, 0.1) is 40.4 Å². The van der Waals surface area contributed by atoms with E-state index in [1.54, 1.807) is 13.0 Å². The minimum Gasteiger partial charge on any atom is -0.496 e. The smallest absolute Gasteiger partial charge is 0.309 e. The van der Waals surface area contributed by atoms with E-state index in [2.05, 4.69) is 23.6 Å². The van der Waals surface area contributed by atoms with Gasteiger partial charge in [0.2, 0.25) is 5.91 Å². The Kier molecular flexibility index (Phi) is 7.49. The van der Waals surface area contributed by atoms with Gasteiger partial charge in [-0.15, -0.1) is 0 Å². The highest BCUT2D eigenvalue weighted by Gasteiger charge is 2.52. The third-order valence-electron chi connectivity index (χ3n) is 9.75. The number of benzene rings is 1. The Morgan fingerprint density at radius 3 is 2.33 bits per heavy atom.